The Hall–Kier alpha value is -0.966. The van der Waals surface area contributed by atoms with E-state index in [9.17, 15) is 0 Å². The van der Waals surface area contributed by atoms with Gasteiger partial charge in [0.25, 0.3) is 0 Å². The summed E-state index contributed by atoms with van der Waals surface area (Å²) in [6.07, 6.45) is 0.843. The summed E-state index contributed by atoms with van der Waals surface area (Å²) in [5, 5.41) is 0. The summed E-state index contributed by atoms with van der Waals surface area (Å²) in [6, 6.07) is 7.05. The maximum Gasteiger partial charge on any atom is 0.501 e. The molecule has 0 spiro atoms. The largest absolute Gasteiger partial charge is 0.517 e. The third-order valence-electron chi connectivity index (χ3n) is 4.14. The van der Waals surface area contributed by atoms with Crippen LogP contribution in [0.15, 0.2) is 30.5 Å². The summed E-state index contributed by atoms with van der Waals surface area (Å²) >= 11 is 0. The Labute approximate surface area is 153 Å². The van der Waals surface area contributed by atoms with Crippen molar-refractivity contribution in [1.82, 2.24) is 0 Å². The first-order valence-corrected chi connectivity index (χ1v) is 13.3. The van der Waals surface area contributed by atoms with Crippen LogP contribution in [0.3, 0.4) is 0 Å². The monoisotopic (exact) mass is 382 g/mol. The van der Waals surface area contributed by atoms with Crippen molar-refractivity contribution in [3.8, 4) is 5.75 Å². The second kappa shape index (κ2) is 9.11. The highest BCUT2D eigenvalue weighted by molar-refractivity contribution is 6.72. The molecule has 1 aromatic carbocycles. The molecule has 0 radical (unpaired) electrons. The highest BCUT2D eigenvalue weighted by atomic mass is 28.4. The molecule has 0 fully saturated rings. The predicted molar refractivity (Wildman–Crippen MR) is 103 cm³/mol. The summed E-state index contributed by atoms with van der Waals surface area (Å²) in [5.74, 6) is 0.909. The lowest BCUT2D eigenvalue weighted by Crippen LogP contribution is -2.46. The van der Waals surface area contributed by atoms with Gasteiger partial charge < -0.3 is 22.1 Å². The molecule has 0 saturated carbocycles. The fourth-order valence-electron chi connectivity index (χ4n) is 2.87. The Bertz CT molecular complexity index is 564. The average molecular weight is 383 g/mol. The summed E-state index contributed by atoms with van der Waals surface area (Å²) in [5.41, 5.74) is 4.11. The third-order valence-corrected chi connectivity index (χ3v) is 9.27. The normalized spacial score (nSPS) is 20.0. The van der Waals surface area contributed by atoms with Crippen molar-refractivity contribution in [2.24, 2.45) is 0 Å². The number of aryl methyl sites for hydroxylation is 1. The molecule has 5 nitrogen and oxygen atoms in total. The van der Waals surface area contributed by atoms with Crippen LogP contribution >= 0.6 is 0 Å². The van der Waals surface area contributed by atoms with Crippen molar-refractivity contribution in [2.75, 3.05) is 19.8 Å². The van der Waals surface area contributed by atoms with Gasteiger partial charge in [-0.2, -0.15) is 0 Å². The fourth-order valence-corrected chi connectivity index (χ4v) is 6.80. The highest BCUT2D eigenvalue weighted by Crippen LogP contribution is 2.31. The molecule has 1 heterocycles. The molecule has 0 bridgehead atoms. The van der Waals surface area contributed by atoms with Gasteiger partial charge in [0.1, 0.15) is 5.75 Å². The maximum absolute atomic E-state index is 6.02. The number of hydrogen-bond acceptors (Lipinski definition) is 5. The van der Waals surface area contributed by atoms with Crippen LogP contribution in [0, 0.1) is 0 Å². The Balaban J connectivity index is 2.08. The van der Waals surface area contributed by atoms with Gasteiger partial charge in [0.05, 0.1) is 6.61 Å². The molecule has 25 heavy (non-hydrogen) atoms. The first-order valence-electron chi connectivity index (χ1n) is 9.00. The van der Waals surface area contributed by atoms with Crippen LogP contribution in [0.5, 0.6) is 5.75 Å². The number of benzene rings is 1. The van der Waals surface area contributed by atoms with E-state index >= 15 is 0 Å². The quantitative estimate of drug-likeness (QED) is 0.573. The maximum atomic E-state index is 6.02. The molecule has 0 aromatic heterocycles. The van der Waals surface area contributed by atoms with E-state index in [-0.39, 0.29) is 0 Å². The fraction of sp³-hybridized carbons (Fsp3) is 0.556. The van der Waals surface area contributed by atoms with Crippen LogP contribution < -0.4 is 4.43 Å². The molecule has 0 N–H and O–H groups in total. The van der Waals surface area contributed by atoms with Gasteiger partial charge in [0.15, 0.2) is 0 Å². The molecule has 0 saturated heterocycles. The van der Waals surface area contributed by atoms with Gasteiger partial charge >= 0.3 is 17.4 Å². The lowest BCUT2D eigenvalue weighted by molar-refractivity contribution is 0.0714. The van der Waals surface area contributed by atoms with E-state index in [0.717, 1.165) is 23.8 Å². The molecule has 2 rings (SSSR count). The molecule has 1 unspecified atom stereocenters. The zero-order valence-corrected chi connectivity index (χ0v) is 17.8. The summed E-state index contributed by atoms with van der Waals surface area (Å²) < 4.78 is 29.7. The molecule has 1 atom stereocenters. The van der Waals surface area contributed by atoms with Gasteiger partial charge in [-0.1, -0.05) is 6.07 Å². The SMILES string of the molecule is C=C[Si]1(C)OCc2cc(CC[Si](OCC)(OCC)OCC)ccc2O1. The molecular weight excluding hydrogens is 352 g/mol. The molecule has 140 valence electrons. The van der Waals surface area contributed by atoms with Gasteiger partial charge in [-0.3, -0.25) is 0 Å². The van der Waals surface area contributed by atoms with E-state index in [1.54, 1.807) is 0 Å². The van der Waals surface area contributed by atoms with E-state index in [1.807, 2.05) is 39.1 Å². The lowest BCUT2D eigenvalue weighted by atomic mass is 10.1. The van der Waals surface area contributed by atoms with Gasteiger partial charge in [-0.15, -0.1) is 6.58 Å². The van der Waals surface area contributed by atoms with Gasteiger partial charge in [0.2, 0.25) is 0 Å². The summed E-state index contributed by atoms with van der Waals surface area (Å²) in [7, 11) is -4.86. The third kappa shape index (κ3) is 5.26. The van der Waals surface area contributed by atoms with Crippen molar-refractivity contribution in [3.05, 3.63) is 41.6 Å². The predicted octanol–water partition coefficient (Wildman–Crippen LogP) is 3.98. The smallest absolute Gasteiger partial charge is 0.501 e. The van der Waals surface area contributed by atoms with Crippen molar-refractivity contribution in [3.63, 3.8) is 0 Å². The molecular formula is C18H30O5Si2. The van der Waals surface area contributed by atoms with E-state index in [2.05, 4.69) is 18.7 Å². The average Bonchev–Trinajstić information content (AvgIpc) is 2.61. The lowest BCUT2D eigenvalue weighted by Gasteiger charge is -2.31. The molecule has 0 amide bonds. The molecule has 1 aliphatic heterocycles. The second-order valence-corrected chi connectivity index (χ2v) is 11.7. The van der Waals surface area contributed by atoms with Crippen LogP contribution in [-0.4, -0.2) is 37.2 Å². The second-order valence-electron chi connectivity index (χ2n) is 6.03. The highest BCUT2D eigenvalue weighted by Gasteiger charge is 2.40. The minimum Gasteiger partial charge on any atom is -0.517 e. The topological polar surface area (TPSA) is 46.2 Å². The van der Waals surface area contributed by atoms with Crippen molar-refractivity contribution in [2.45, 2.75) is 46.4 Å². The minimum atomic E-state index is -2.61. The molecule has 1 aliphatic rings. The van der Waals surface area contributed by atoms with Crippen molar-refractivity contribution >= 4 is 17.4 Å². The van der Waals surface area contributed by atoms with E-state index in [0.29, 0.717) is 26.4 Å². The van der Waals surface area contributed by atoms with Crippen molar-refractivity contribution in [1.29, 1.82) is 0 Å². The Kier molecular flexibility index (Phi) is 7.42. The number of hydrogen-bond donors (Lipinski definition) is 0. The van der Waals surface area contributed by atoms with Gasteiger partial charge in [0, 0.05) is 31.4 Å². The van der Waals surface area contributed by atoms with E-state index < -0.39 is 17.4 Å². The zero-order valence-electron chi connectivity index (χ0n) is 15.8. The van der Waals surface area contributed by atoms with Crippen LogP contribution in [0.4, 0.5) is 0 Å². The van der Waals surface area contributed by atoms with Crippen LogP contribution in [0.25, 0.3) is 0 Å². The Morgan fingerprint density at radius 1 is 1.16 bits per heavy atom. The Morgan fingerprint density at radius 3 is 2.36 bits per heavy atom. The standard InChI is InChI=1S/C18H30O5Si2/c1-6-19-25(20-7-2,21-8-3)13-12-16-10-11-18-17(14-16)15-22-24(5,9-4)23-18/h9-11,14H,4,6-8,12-13,15H2,1-3,5H3. The van der Waals surface area contributed by atoms with E-state index in [4.69, 9.17) is 22.1 Å². The zero-order chi connectivity index (χ0) is 18.3. The summed E-state index contributed by atoms with van der Waals surface area (Å²) in [6.45, 7) is 14.1. The minimum absolute atomic E-state index is 0.572. The number of rotatable bonds is 10. The van der Waals surface area contributed by atoms with Crippen LogP contribution in [0.2, 0.25) is 12.6 Å². The van der Waals surface area contributed by atoms with Crippen LogP contribution in [0.1, 0.15) is 31.9 Å². The van der Waals surface area contributed by atoms with Crippen molar-refractivity contribution < 1.29 is 22.1 Å². The first kappa shape index (κ1) is 20.3. The molecule has 0 aliphatic carbocycles. The van der Waals surface area contributed by atoms with Gasteiger partial charge in [-0.25, -0.2) is 0 Å². The van der Waals surface area contributed by atoms with Gasteiger partial charge in [-0.05, 0) is 57.1 Å². The van der Waals surface area contributed by atoms with E-state index in [1.165, 1.54) is 5.56 Å². The number of fused-ring (bicyclic) bond motifs is 1. The first-order chi connectivity index (χ1) is 12.0. The summed E-state index contributed by atoms with van der Waals surface area (Å²) in [4.78, 5) is 0. The molecule has 7 heteroatoms. The van der Waals surface area contributed by atoms with Crippen LogP contribution in [-0.2, 0) is 30.7 Å². The molecule has 1 aromatic rings. The Morgan fingerprint density at radius 2 is 1.80 bits per heavy atom.